The molecule has 1 amide bonds. The van der Waals surface area contributed by atoms with Crippen LogP contribution in [0.15, 0.2) is 22.6 Å². The molecule has 43 heavy (non-hydrogen) atoms. The van der Waals surface area contributed by atoms with Crippen molar-refractivity contribution in [1.82, 2.24) is 14.9 Å². The summed E-state index contributed by atoms with van der Waals surface area (Å²) < 4.78 is 22.7. The number of methoxy groups -OCH3 is 2. The number of ether oxygens (including phenoxy) is 3. The van der Waals surface area contributed by atoms with Crippen LogP contribution in [0, 0.1) is 6.92 Å². The van der Waals surface area contributed by atoms with Crippen LogP contribution in [-0.4, -0.2) is 73.3 Å². The number of carboxylic acids is 1. The van der Waals surface area contributed by atoms with Crippen LogP contribution in [0.3, 0.4) is 0 Å². The predicted molar refractivity (Wildman–Crippen MR) is 164 cm³/mol. The van der Waals surface area contributed by atoms with Crippen molar-refractivity contribution in [2.24, 2.45) is 0 Å². The number of aryl methyl sites for hydroxylation is 1. The topological polar surface area (TPSA) is 148 Å². The maximum Gasteiger partial charge on any atom is 0.300 e. The first-order valence-corrected chi connectivity index (χ1v) is 14.1. The second-order valence-corrected chi connectivity index (χ2v) is 11.4. The molecule has 234 valence electrons. The van der Waals surface area contributed by atoms with Gasteiger partial charge < -0.3 is 39.3 Å². The fourth-order valence-electron chi connectivity index (χ4n) is 4.95. The Kier molecular flexibility index (Phi) is 11.2. The van der Waals surface area contributed by atoms with Crippen LogP contribution in [0.1, 0.15) is 60.9 Å². The van der Waals surface area contributed by atoms with Gasteiger partial charge in [-0.25, -0.2) is 0 Å². The number of carboxylic acid groups (broad SMARTS) is 1. The lowest BCUT2D eigenvalue weighted by Crippen LogP contribution is -2.18. The largest absolute Gasteiger partial charge is 0.481 e. The molecule has 0 atom stereocenters. The molecule has 3 aromatic rings. The summed E-state index contributed by atoms with van der Waals surface area (Å²) in [5.41, 5.74) is 3.69. The first-order chi connectivity index (χ1) is 20.3. The van der Waals surface area contributed by atoms with E-state index >= 15 is 0 Å². The van der Waals surface area contributed by atoms with E-state index in [4.69, 9.17) is 40.1 Å². The molecule has 0 radical (unpaired) electrons. The molecule has 0 unspecified atom stereocenters. The highest BCUT2D eigenvalue weighted by molar-refractivity contribution is 6.32. The lowest BCUT2D eigenvalue weighted by molar-refractivity contribution is -0.134. The van der Waals surface area contributed by atoms with E-state index in [9.17, 15) is 4.79 Å². The Morgan fingerprint density at radius 3 is 2.37 bits per heavy atom. The Labute approximate surface area is 256 Å². The number of hydrogen-bond acceptors (Lipinski definition) is 10. The highest BCUT2D eigenvalue weighted by Gasteiger charge is 2.35. The Bertz CT molecular complexity index is 1430. The number of hydrogen-bond donors (Lipinski definition) is 3. The van der Waals surface area contributed by atoms with E-state index in [0.29, 0.717) is 23.3 Å². The van der Waals surface area contributed by atoms with Gasteiger partial charge in [0, 0.05) is 25.1 Å². The smallest absolute Gasteiger partial charge is 0.300 e. The summed E-state index contributed by atoms with van der Waals surface area (Å²) in [7, 11) is 6.94. The zero-order chi connectivity index (χ0) is 31.9. The van der Waals surface area contributed by atoms with E-state index in [1.165, 1.54) is 25.8 Å². The molecule has 12 nitrogen and oxygen atoms in total. The average Bonchev–Trinajstić information content (AvgIpc) is 3.53. The first-order valence-electron chi connectivity index (χ1n) is 13.8. The Hall–Kier alpha value is -4.03. The van der Waals surface area contributed by atoms with Crippen LogP contribution >= 0.6 is 11.6 Å². The molecule has 0 saturated carbocycles. The van der Waals surface area contributed by atoms with Gasteiger partial charge in [-0.15, -0.1) is 0 Å². The van der Waals surface area contributed by atoms with E-state index in [0.717, 1.165) is 43.9 Å². The van der Waals surface area contributed by atoms with Crippen LogP contribution < -0.4 is 24.8 Å². The van der Waals surface area contributed by atoms with Crippen molar-refractivity contribution in [3.05, 3.63) is 45.7 Å². The second kappa shape index (κ2) is 14.4. The van der Waals surface area contributed by atoms with Gasteiger partial charge in [-0.05, 0) is 75.5 Å². The summed E-state index contributed by atoms with van der Waals surface area (Å²) >= 11 is 6.57. The number of carbonyl (C=O) groups is 2. The minimum atomic E-state index is -0.833. The van der Waals surface area contributed by atoms with Gasteiger partial charge in [0.25, 0.3) is 17.8 Å². The monoisotopic (exact) mass is 617 g/mol. The second-order valence-electron chi connectivity index (χ2n) is 11.0. The van der Waals surface area contributed by atoms with Crippen molar-refractivity contribution in [1.29, 1.82) is 0 Å². The third-order valence-corrected chi connectivity index (χ3v) is 7.03. The molecule has 2 aromatic heterocycles. The summed E-state index contributed by atoms with van der Waals surface area (Å²) in [5, 5.41) is 13.8. The van der Waals surface area contributed by atoms with E-state index in [-0.39, 0.29) is 34.6 Å². The van der Waals surface area contributed by atoms with Gasteiger partial charge in [0.05, 0.1) is 19.2 Å². The lowest BCUT2D eigenvalue weighted by Gasteiger charge is -2.22. The van der Waals surface area contributed by atoms with Gasteiger partial charge in [0.1, 0.15) is 0 Å². The standard InChI is InChI=1S/C28H36ClN5O5.C2H4O2/c1-16-15-18(29)23(17-11-12-28(2,3)21(16)17)39-20-10-9-19(38-20)24(35)31-22-25(36-6)32-27(33-26(22)37-7)30-13-8-14-34(4)5;1-2(3)4/h9-10,15H,8,11-14H2,1-7H3,(H,31,35)(H,30,32,33);1H3,(H,3,4). The van der Waals surface area contributed by atoms with Crippen molar-refractivity contribution in [2.45, 2.75) is 52.4 Å². The normalized spacial score (nSPS) is 13.1. The number of nitrogens with zero attached hydrogens (tertiary/aromatic N) is 3. The number of aromatic nitrogens is 2. The van der Waals surface area contributed by atoms with Crippen LogP contribution in [0.4, 0.5) is 11.6 Å². The third-order valence-electron chi connectivity index (χ3n) is 6.75. The fourth-order valence-corrected chi connectivity index (χ4v) is 5.26. The molecule has 0 aliphatic heterocycles. The highest BCUT2D eigenvalue weighted by atomic mass is 35.5. The number of rotatable bonds is 11. The van der Waals surface area contributed by atoms with Gasteiger partial charge in [-0.1, -0.05) is 25.4 Å². The number of amides is 1. The number of carbonyl (C=O) groups excluding carboxylic acids is 1. The Morgan fingerprint density at radius 2 is 1.79 bits per heavy atom. The summed E-state index contributed by atoms with van der Waals surface area (Å²) in [6.45, 7) is 9.17. The summed E-state index contributed by atoms with van der Waals surface area (Å²) in [4.78, 5) is 32.9. The van der Waals surface area contributed by atoms with Gasteiger partial charge >= 0.3 is 0 Å². The highest BCUT2D eigenvalue weighted by Crippen LogP contribution is 2.48. The molecule has 0 saturated heterocycles. The number of nitrogens with one attached hydrogen (secondary N) is 2. The lowest BCUT2D eigenvalue weighted by atomic mass is 9.84. The number of halogens is 1. The van der Waals surface area contributed by atoms with Crippen molar-refractivity contribution < 1.29 is 33.3 Å². The molecule has 1 aliphatic carbocycles. The van der Waals surface area contributed by atoms with Crippen molar-refractivity contribution in [2.75, 3.05) is 52.0 Å². The molecular formula is C30H40ClN5O7. The van der Waals surface area contributed by atoms with Crippen molar-refractivity contribution >= 4 is 35.1 Å². The summed E-state index contributed by atoms with van der Waals surface area (Å²) in [5.74, 6) is 0.00821. The van der Waals surface area contributed by atoms with Gasteiger partial charge in [0.15, 0.2) is 17.2 Å². The van der Waals surface area contributed by atoms with Crippen LogP contribution in [-0.2, 0) is 16.6 Å². The maximum absolute atomic E-state index is 13.1. The number of benzene rings is 1. The van der Waals surface area contributed by atoms with E-state index in [2.05, 4.69) is 46.3 Å². The minimum absolute atomic E-state index is 0.0280. The van der Waals surface area contributed by atoms with Crippen LogP contribution in [0.5, 0.6) is 23.5 Å². The number of furan rings is 1. The average molecular weight is 618 g/mol. The zero-order valence-electron chi connectivity index (χ0n) is 25.9. The van der Waals surface area contributed by atoms with Crippen molar-refractivity contribution in [3.8, 4) is 23.5 Å². The van der Waals surface area contributed by atoms with Crippen molar-refractivity contribution in [3.63, 3.8) is 0 Å². The molecule has 4 rings (SSSR count). The molecule has 0 fully saturated rings. The molecule has 0 bridgehead atoms. The first kappa shape index (κ1) is 33.5. The third kappa shape index (κ3) is 8.51. The zero-order valence-corrected chi connectivity index (χ0v) is 26.6. The minimum Gasteiger partial charge on any atom is -0.481 e. The van der Waals surface area contributed by atoms with E-state index in [1.807, 2.05) is 20.2 Å². The summed E-state index contributed by atoms with van der Waals surface area (Å²) in [6.07, 6.45) is 2.76. The molecule has 2 heterocycles. The quantitative estimate of drug-likeness (QED) is 0.225. The number of aliphatic carboxylic acids is 1. The van der Waals surface area contributed by atoms with E-state index < -0.39 is 11.9 Å². The van der Waals surface area contributed by atoms with Gasteiger partial charge in [-0.3, -0.25) is 9.59 Å². The van der Waals surface area contributed by atoms with E-state index in [1.54, 1.807) is 6.07 Å². The Balaban J connectivity index is 0.00000119. The predicted octanol–water partition coefficient (Wildman–Crippen LogP) is 5.77. The fraction of sp³-hybridized carbons (Fsp3) is 0.467. The maximum atomic E-state index is 13.1. The van der Waals surface area contributed by atoms with Crippen LogP contribution in [0.25, 0.3) is 0 Å². The molecule has 1 aromatic carbocycles. The number of fused-ring (bicyclic) bond motifs is 1. The molecule has 0 spiro atoms. The van der Waals surface area contributed by atoms with Gasteiger partial charge in [-0.2, -0.15) is 9.97 Å². The molecule has 1 aliphatic rings. The SMILES string of the molecule is CC(=O)O.COc1nc(NCCCN(C)C)nc(OC)c1NC(=O)c1ccc(Oc2c(Cl)cc(C)c3c2CCC3(C)C)o1. The molecule has 3 N–H and O–H groups in total. The molecular weight excluding hydrogens is 578 g/mol. The number of anilines is 2. The summed E-state index contributed by atoms with van der Waals surface area (Å²) in [6, 6.07) is 5.03. The van der Waals surface area contributed by atoms with Crippen LogP contribution in [0.2, 0.25) is 5.02 Å². The Morgan fingerprint density at radius 1 is 1.16 bits per heavy atom. The van der Waals surface area contributed by atoms with Gasteiger partial charge in [0.2, 0.25) is 17.7 Å². The molecule has 13 heteroatoms.